The van der Waals surface area contributed by atoms with E-state index in [1.165, 1.54) is 6.26 Å². The quantitative estimate of drug-likeness (QED) is 0.869. The lowest BCUT2D eigenvalue weighted by Gasteiger charge is -2.12. The second kappa shape index (κ2) is 5.07. The highest BCUT2D eigenvalue weighted by atomic mass is 32.2. The number of sulfone groups is 1. The molecule has 0 radical (unpaired) electrons. The van der Waals surface area contributed by atoms with Crippen LogP contribution < -0.4 is 5.73 Å². The number of nitrogens with zero attached hydrogens (tertiary/aromatic N) is 2. The Morgan fingerprint density at radius 3 is 2.83 bits per heavy atom. The van der Waals surface area contributed by atoms with Crippen LogP contribution in [0, 0.1) is 0 Å². The summed E-state index contributed by atoms with van der Waals surface area (Å²) in [4.78, 5) is 4.27. The molecule has 1 aromatic heterocycles. The van der Waals surface area contributed by atoms with Crippen LogP contribution in [0.5, 0.6) is 0 Å². The molecular formula is C12H17N3O2S. The monoisotopic (exact) mass is 267 g/mol. The Bertz CT molecular complexity index is 634. The minimum absolute atomic E-state index is 0.126. The SMILES string of the molecule is CS(=O)(=O)CCC(N)Cn1cnc2ccccc21. The van der Waals surface area contributed by atoms with Gasteiger partial charge in [-0.1, -0.05) is 12.1 Å². The lowest BCUT2D eigenvalue weighted by molar-refractivity contribution is 0.539. The van der Waals surface area contributed by atoms with Crippen LogP contribution in [-0.4, -0.2) is 36.0 Å². The summed E-state index contributed by atoms with van der Waals surface area (Å²) in [5.41, 5.74) is 7.89. The van der Waals surface area contributed by atoms with Crippen molar-refractivity contribution in [3.8, 4) is 0 Å². The van der Waals surface area contributed by atoms with Gasteiger partial charge in [-0.05, 0) is 18.6 Å². The fraction of sp³-hybridized carbons (Fsp3) is 0.417. The smallest absolute Gasteiger partial charge is 0.147 e. The summed E-state index contributed by atoms with van der Waals surface area (Å²) in [7, 11) is -2.95. The molecule has 1 atom stereocenters. The molecule has 0 fully saturated rings. The number of rotatable bonds is 5. The largest absolute Gasteiger partial charge is 0.329 e. The van der Waals surface area contributed by atoms with E-state index in [1.807, 2.05) is 28.8 Å². The van der Waals surface area contributed by atoms with Gasteiger partial charge in [0.15, 0.2) is 0 Å². The Morgan fingerprint density at radius 2 is 2.11 bits per heavy atom. The fourth-order valence-corrected chi connectivity index (χ4v) is 2.60. The van der Waals surface area contributed by atoms with Crippen LogP contribution in [0.2, 0.25) is 0 Å². The molecule has 1 aromatic carbocycles. The summed E-state index contributed by atoms with van der Waals surface area (Å²) < 4.78 is 24.1. The van der Waals surface area contributed by atoms with Crippen molar-refractivity contribution in [2.75, 3.05) is 12.0 Å². The minimum Gasteiger partial charge on any atom is -0.329 e. The highest BCUT2D eigenvalue weighted by molar-refractivity contribution is 7.90. The molecule has 0 aliphatic carbocycles. The number of para-hydroxylation sites is 2. The van der Waals surface area contributed by atoms with Gasteiger partial charge in [0.1, 0.15) is 9.84 Å². The zero-order chi connectivity index (χ0) is 13.2. The van der Waals surface area contributed by atoms with E-state index in [0.29, 0.717) is 13.0 Å². The topological polar surface area (TPSA) is 78.0 Å². The van der Waals surface area contributed by atoms with Gasteiger partial charge in [0.2, 0.25) is 0 Å². The third-order valence-electron chi connectivity index (χ3n) is 2.82. The summed E-state index contributed by atoms with van der Waals surface area (Å²) in [6, 6.07) is 7.61. The van der Waals surface area contributed by atoms with Gasteiger partial charge in [0.25, 0.3) is 0 Å². The molecule has 98 valence electrons. The number of imidazole rings is 1. The Kier molecular flexibility index (Phi) is 3.68. The molecule has 1 heterocycles. The molecule has 0 saturated heterocycles. The van der Waals surface area contributed by atoms with Crippen molar-refractivity contribution in [3.63, 3.8) is 0 Å². The summed E-state index contributed by atoms with van der Waals surface area (Å²) in [5, 5.41) is 0. The molecule has 2 aromatic rings. The third-order valence-corrected chi connectivity index (χ3v) is 3.80. The zero-order valence-corrected chi connectivity index (χ0v) is 11.1. The van der Waals surface area contributed by atoms with Crippen molar-refractivity contribution in [2.24, 2.45) is 5.73 Å². The van der Waals surface area contributed by atoms with E-state index in [9.17, 15) is 8.42 Å². The highest BCUT2D eigenvalue weighted by Crippen LogP contribution is 2.12. The van der Waals surface area contributed by atoms with Gasteiger partial charge in [-0.3, -0.25) is 0 Å². The van der Waals surface area contributed by atoms with E-state index in [4.69, 9.17) is 5.73 Å². The van der Waals surface area contributed by atoms with Gasteiger partial charge >= 0.3 is 0 Å². The Balaban J connectivity index is 2.05. The molecule has 2 N–H and O–H groups in total. The number of aromatic nitrogens is 2. The molecular weight excluding hydrogens is 250 g/mol. The molecule has 0 aliphatic heterocycles. The molecule has 0 bridgehead atoms. The average Bonchev–Trinajstić information content (AvgIpc) is 2.70. The number of hydrogen-bond acceptors (Lipinski definition) is 4. The van der Waals surface area contributed by atoms with Crippen LogP contribution in [0.1, 0.15) is 6.42 Å². The predicted molar refractivity (Wildman–Crippen MR) is 72.0 cm³/mol. The molecule has 6 heteroatoms. The van der Waals surface area contributed by atoms with Crippen LogP contribution in [0.4, 0.5) is 0 Å². The number of benzene rings is 1. The summed E-state index contributed by atoms with van der Waals surface area (Å²) in [5.74, 6) is 0.126. The predicted octanol–water partition coefficient (Wildman–Crippen LogP) is 0.798. The summed E-state index contributed by atoms with van der Waals surface area (Å²) in [6.45, 7) is 0.579. The van der Waals surface area contributed by atoms with Crippen molar-refractivity contribution in [1.29, 1.82) is 0 Å². The van der Waals surface area contributed by atoms with Crippen LogP contribution in [-0.2, 0) is 16.4 Å². The first-order valence-electron chi connectivity index (χ1n) is 5.79. The Labute approximate surface area is 107 Å². The van der Waals surface area contributed by atoms with Gasteiger partial charge in [-0.2, -0.15) is 0 Å². The van der Waals surface area contributed by atoms with E-state index >= 15 is 0 Å². The number of nitrogens with two attached hydrogens (primary N) is 1. The van der Waals surface area contributed by atoms with Gasteiger partial charge < -0.3 is 10.3 Å². The summed E-state index contributed by atoms with van der Waals surface area (Å²) >= 11 is 0. The Hall–Kier alpha value is -1.40. The van der Waals surface area contributed by atoms with Crippen molar-refractivity contribution in [2.45, 2.75) is 19.0 Å². The maximum absolute atomic E-state index is 11.1. The average molecular weight is 267 g/mol. The van der Waals surface area contributed by atoms with Gasteiger partial charge in [0, 0.05) is 18.8 Å². The molecule has 0 aliphatic rings. The third kappa shape index (κ3) is 3.30. The molecule has 1 unspecified atom stereocenters. The van der Waals surface area contributed by atoms with E-state index in [2.05, 4.69) is 4.98 Å². The molecule has 0 spiro atoms. The second-order valence-electron chi connectivity index (χ2n) is 4.56. The maximum Gasteiger partial charge on any atom is 0.147 e. The first kappa shape index (κ1) is 13.0. The van der Waals surface area contributed by atoms with Crippen molar-refractivity contribution < 1.29 is 8.42 Å². The van der Waals surface area contributed by atoms with Crippen LogP contribution in [0.3, 0.4) is 0 Å². The molecule has 18 heavy (non-hydrogen) atoms. The van der Waals surface area contributed by atoms with Crippen LogP contribution >= 0.6 is 0 Å². The van der Waals surface area contributed by atoms with Crippen molar-refractivity contribution >= 4 is 20.9 Å². The van der Waals surface area contributed by atoms with Gasteiger partial charge in [0.05, 0.1) is 23.1 Å². The molecule has 0 saturated carbocycles. The standard InChI is InChI=1S/C12H17N3O2S/c1-18(16,17)7-6-10(13)8-15-9-14-11-4-2-3-5-12(11)15/h2-5,9-10H,6-8,13H2,1H3. The van der Waals surface area contributed by atoms with Crippen molar-refractivity contribution in [3.05, 3.63) is 30.6 Å². The van der Waals surface area contributed by atoms with Gasteiger partial charge in [-0.15, -0.1) is 0 Å². The van der Waals surface area contributed by atoms with E-state index < -0.39 is 9.84 Å². The molecule has 2 rings (SSSR count). The van der Waals surface area contributed by atoms with Crippen LogP contribution in [0.15, 0.2) is 30.6 Å². The first-order valence-corrected chi connectivity index (χ1v) is 7.85. The number of fused-ring (bicyclic) bond motifs is 1. The second-order valence-corrected chi connectivity index (χ2v) is 6.82. The zero-order valence-electron chi connectivity index (χ0n) is 10.3. The Morgan fingerprint density at radius 1 is 1.39 bits per heavy atom. The lowest BCUT2D eigenvalue weighted by atomic mass is 10.2. The maximum atomic E-state index is 11.1. The van der Waals surface area contributed by atoms with Crippen LogP contribution in [0.25, 0.3) is 11.0 Å². The highest BCUT2D eigenvalue weighted by Gasteiger charge is 2.10. The number of hydrogen-bond donors (Lipinski definition) is 1. The van der Waals surface area contributed by atoms with E-state index in [0.717, 1.165) is 11.0 Å². The van der Waals surface area contributed by atoms with E-state index in [-0.39, 0.29) is 11.8 Å². The molecule has 0 amide bonds. The lowest BCUT2D eigenvalue weighted by Crippen LogP contribution is -2.28. The minimum atomic E-state index is -2.95. The normalized spacial score (nSPS) is 13.9. The van der Waals surface area contributed by atoms with Crippen molar-refractivity contribution in [1.82, 2.24) is 9.55 Å². The van der Waals surface area contributed by atoms with E-state index in [1.54, 1.807) is 6.33 Å². The van der Waals surface area contributed by atoms with Gasteiger partial charge in [-0.25, -0.2) is 13.4 Å². The summed E-state index contributed by atoms with van der Waals surface area (Å²) in [6.07, 6.45) is 3.43. The first-order chi connectivity index (χ1) is 8.46. The fourth-order valence-electron chi connectivity index (χ4n) is 1.87. The molecule has 5 nitrogen and oxygen atoms in total.